The van der Waals surface area contributed by atoms with Gasteiger partial charge >= 0.3 is 5.97 Å². The Morgan fingerprint density at radius 2 is 1.65 bits per heavy atom. The van der Waals surface area contributed by atoms with Crippen LogP contribution < -0.4 is 15.4 Å². The summed E-state index contributed by atoms with van der Waals surface area (Å²) in [6.45, 7) is 0.581. The smallest absolute Gasteiger partial charge is 0.306 e. The van der Waals surface area contributed by atoms with E-state index in [-0.39, 0.29) is 30.4 Å². The molecular formula is C22H24IN3O5. The first kappa shape index (κ1) is 23.0. The lowest BCUT2D eigenvalue weighted by molar-refractivity contribution is -0.143. The van der Waals surface area contributed by atoms with Gasteiger partial charge in [0.25, 0.3) is 11.8 Å². The minimum Gasteiger partial charge on any atom is -0.490 e. The van der Waals surface area contributed by atoms with E-state index in [2.05, 4.69) is 38.2 Å². The van der Waals surface area contributed by atoms with E-state index >= 15 is 0 Å². The average molecular weight is 537 g/mol. The maximum absolute atomic E-state index is 12.3. The predicted octanol–water partition coefficient (Wildman–Crippen LogP) is 2.87. The second kappa shape index (κ2) is 11.1. The molecular weight excluding hydrogens is 513 g/mol. The zero-order valence-corrected chi connectivity index (χ0v) is 19.0. The number of hydrogen-bond acceptors (Lipinski definition) is 5. The van der Waals surface area contributed by atoms with Crippen molar-refractivity contribution in [1.82, 2.24) is 15.6 Å². The highest BCUT2D eigenvalue weighted by atomic mass is 127. The fraction of sp³-hybridized carbons (Fsp3) is 0.364. The molecule has 1 aromatic heterocycles. The fourth-order valence-corrected chi connectivity index (χ4v) is 3.83. The second-order valence-electron chi connectivity index (χ2n) is 7.33. The van der Waals surface area contributed by atoms with Crippen molar-refractivity contribution < 1.29 is 24.2 Å². The number of pyridine rings is 1. The summed E-state index contributed by atoms with van der Waals surface area (Å²) in [6.07, 6.45) is 4.24. The van der Waals surface area contributed by atoms with E-state index in [1.165, 1.54) is 0 Å². The molecule has 0 aliphatic heterocycles. The second-order valence-corrected chi connectivity index (χ2v) is 8.57. The van der Waals surface area contributed by atoms with Crippen molar-refractivity contribution in [3.8, 4) is 5.75 Å². The van der Waals surface area contributed by atoms with Crippen molar-refractivity contribution >= 4 is 40.4 Å². The Kier molecular flexibility index (Phi) is 8.21. The molecule has 31 heavy (non-hydrogen) atoms. The number of carbonyl (C=O) groups is 3. The third-order valence-corrected chi connectivity index (χ3v) is 5.76. The Labute approximate surface area is 193 Å². The average Bonchev–Trinajstić information content (AvgIpc) is 2.77. The van der Waals surface area contributed by atoms with E-state index in [1.54, 1.807) is 42.6 Å². The van der Waals surface area contributed by atoms with Gasteiger partial charge in [-0.15, -0.1) is 0 Å². The van der Waals surface area contributed by atoms with Gasteiger partial charge in [-0.1, -0.05) is 0 Å². The molecule has 1 aliphatic carbocycles. The molecule has 0 unspecified atom stereocenters. The number of nitrogens with one attached hydrogen (secondary N) is 2. The number of halogens is 1. The van der Waals surface area contributed by atoms with Gasteiger partial charge in [0, 0.05) is 28.4 Å². The molecule has 3 N–H and O–H groups in total. The molecule has 1 fully saturated rings. The Balaban J connectivity index is 1.39. The molecule has 1 heterocycles. The molecule has 3 rings (SSSR count). The number of aromatic nitrogens is 1. The molecule has 0 saturated heterocycles. The molecule has 1 aromatic carbocycles. The van der Waals surface area contributed by atoms with Crippen molar-refractivity contribution in [2.75, 3.05) is 13.1 Å². The SMILES string of the molecule is O=C(NCCNC(=O)c1cc(I)ccn1)c1ccc(O[C@H]2CC[C@@H](C(=O)O)CC2)cc1. The number of hydrogen-bond donors (Lipinski definition) is 3. The molecule has 2 aromatic rings. The first-order chi connectivity index (χ1) is 14.9. The minimum atomic E-state index is -0.736. The molecule has 8 nitrogen and oxygen atoms in total. The molecule has 0 radical (unpaired) electrons. The van der Waals surface area contributed by atoms with Gasteiger partial charge in [0.2, 0.25) is 0 Å². The minimum absolute atomic E-state index is 0.00118. The summed E-state index contributed by atoms with van der Waals surface area (Å²) < 4.78 is 6.84. The summed E-state index contributed by atoms with van der Waals surface area (Å²) >= 11 is 2.11. The molecule has 0 bridgehead atoms. The van der Waals surface area contributed by atoms with Crippen molar-refractivity contribution in [3.63, 3.8) is 0 Å². The summed E-state index contributed by atoms with van der Waals surface area (Å²) in [5.74, 6) is -0.877. The predicted molar refractivity (Wildman–Crippen MR) is 122 cm³/mol. The quantitative estimate of drug-likeness (QED) is 0.352. The van der Waals surface area contributed by atoms with E-state index < -0.39 is 5.97 Å². The fourth-order valence-electron chi connectivity index (χ4n) is 3.38. The van der Waals surface area contributed by atoms with Crippen LogP contribution in [0.2, 0.25) is 0 Å². The lowest BCUT2D eigenvalue weighted by Gasteiger charge is -2.26. The van der Waals surface area contributed by atoms with Gasteiger partial charge in [-0.2, -0.15) is 0 Å². The molecule has 9 heteroatoms. The molecule has 0 spiro atoms. The molecule has 2 amide bonds. The van der Waals surface area contributed by atoms with Crippen LogP contribution in [0.15, 0.2) is 42.6 Å². The summed E-state index contributed by atoms with van der Waals surface area (Å²) in [4.78, 5) is 39.3. The van der Waals surface area contributed by atoms with Crippen LogP contribution in [0.3, 0.4) is 0 Å². The maximum atomic E-state index is 12.3. The molecule has 1 saturated carbocycles. The highest BCUT2D eigenvalue weighted by Crippen LogP contribution is 2.28. The van der Waals surface area contributed by atoms with Gasteiger partial charge in [0.15, 0.2) is 0 Å². The maximum Gasteiger partial charge on any atom is 0.306 e. The summed E-state index contributed by atoms with van der Waals surface area (Å²) in [6, 6.07) is 10.3. The zero-order chi connectivity index (χ0) is 22.2. The Bertz CT molecular complexity index is 927. The monoisotopic (exact) mass is 537 g/mol. The third kappa shape index (κ3) is 6.91. The Morgan fingerprint density at radius 3 is 2.26 bits per heavy atom. The van der Waals surface area contributed by atoms with Gasteiger partial charge in [0.05, 0.1) is 12.0 Å². The van der Waals surface area contributed by atoms with Crippen LogP contribution >= 0.6 is 22.6 Å². The Morgan fingerprint density at radius 1 is 1.00 bits per heavy atom. The van der Waals surface area contributed by atoms with Gasteiger partial charge < -0.3 is 20.5 Å². The van der Waals surface area contributed by atoms with Gasteiger partial charge in [-0.3, -0.25) is 19.4 Å². The van der Waals surface area contributed by atoms with Gasteiger partial charge in [-0.25, -0.2) is 0 Å². The standard InChI is InChI=1S/C22H24IN3O5/c23-16-9-10-24-19(13-16)21(28)26-12-11-25-20(27)14-1-5-17(6-2-14)31-18-7-3-15(4-8-18)22(29)30/h1-2,5-6,9-10,13,15,18H,3-4,7-8,11-12H2,(H,25,27)(H,26,28)(H,29,30)/t15-,18+. The molecule has 164 valence electrons. The molecule has 0 atom stereocenters. The summed E-state index contributed by atoms with van der Waals surface area (Å²) in [5, 5.41) is 14.5. The first-order valence-corrected chi connectivity index (χ1v) is 11.2. The number of carbonyl (C=O) groups excluding carboxylic acids is 2. The van der Waals surface area contributed by atoms with E-state index in [0.29, 0.717) is 49.2 Å². The number of carboxylic acid groups (broad SMARTS) is 1. The zero-order valence-electron chi connectivity index (χ0n) is 16.8. The number of benzene rings is 1. The van der Waals surface area contributed by atoms with E-state index in [4.69, 9.17) is 9.84 Å². The number of carboxylic acids is 1. The van der Waals surface area contributed by atoms with E-state index in [0.717, 1.165) is 3.57 Å². The topological polar surface area (TPSA) is 118 Å². The molecule has 1 aliphatic rings. The van der Waals surface area contributed by atoms with Crippen LogP contribution in [0, 0.1) is 9.49 Å². The van der Waals surface area contributed by atoms with Crippen LogP contribution in [-0.4, -0.2) is 47.1 Å². The number of aliphatic carboxylic acids is 1. The third-order valence-electron chi connectivity index (χ3n) is 5.09. The van der Waals surface area contributed by atoms with Crippen LogP contribution in [0.5, 0.6) is 5.75 Å². The van der Waals surface area contributed by atoms with Crippen molar-refractivity contribution in [2.24, 2.45) is 5.92 Å². The number of ether oxygens (including phenoxy) is 1. The van der Waals surface area contributed by atoms with Crippen LogP contribution in [0.1, 0.15) is 46.5 Å². The van der Waals surface area contributed by atoms with Crippen LogP contribution in [0.4, 0.5) is 0 Å². The largest absolute Gasteiger partial charge is 0.490 e. The number of rotatable bonds is 8. The normalized spacial score (nSPS) is 18.1. The summed E-state index contributed by atoms with van der Waals surface area (Å²) in [5.41, 5.74) is 0.831. The van der Waals surface area contributed by atoms with Crippen LogP contribution in [-0.2, 0) is 4.79 Å². The van der Waals surface area contributed by atoms with Crippen molar-refractivity contribution in [2.45, 2.75) is 31.8 Å². The Hall–Kier alpha value is -2.69. The first-order valence-electron chi connectivity index (χ1n) is 10.1. The van der Waals surface area contributed by atoms with Crippen LogP contribution in [0.25, 0.3) is 0 Å². The lowest BCUT2D eigenvalue weighted by Crippen LogP contribution is -2.35. The van der Waals surface area contributed by atoms with Crippen molar-refractivity contribution in [3.05, 3.63) is 57.4 Å². The van der Waals surface area contributed by atoms with E-state index in [1.807, 2.05) is 0 Å². The number of nitrogens with zero attached hydrogens (tertiary/aromatic N) is 1. The number of amides is 2. The lowest BCUT2D eigenvalue weighted by atomic mass is 9.87. The van der Waals surface area contributed by atoms with E-state index in [9.17, 15) is 14.4 Å². The van der Waals surface area contributed by atoms with Gasteiger partial charge in [-0.05, 0) is 84.7 Å². The van der Waals surface area contributed by atoms with Gasteiger partial charge in [0.1, 0.15) is 11.4 Å². The highest BCUT2D eigenvalue weighted by molar-refractivity contribution is 14.1. The van der Waals surface area contributed by atoms with Crippen molar-refractivity contribution in [1.29, 1.82) is 0 Å². The summed E-state index contributed by atoms with van der Waals surface area (Å²) in [7, 11) is 0. The highest BCUT2D eigenvalue weighted by Gasteiger charge is 2.26.